The lowest BCUT2D eigenvalue weighted by atomic mass is 9.98. The topological polar surface area (TPSA) is 76.3 Å². The average Bonchev–Trinajstić information content (AvgIpc) is 3.30. The Bertz CT molecular complexity index is 1180. The van der Waals surface area contributed by atoms with Gasteiger partial charge in [-0.3, -0.25) is 0 Å². The lowest BCUT2D eigenvalue weighted by Crippen LogP contribution is -2.38. The summed E-state index contributed by atoms with van der Waals surface area (Å²) in [6, 6.07) is 17.7. The van der Waals surface area contributed by atoms with Crippen LogP contribution in [0.3, 0.4) is 0 Å². The largest absolute Gasteiger partial charge is 0.339 e. The second kappa shape index (κ2) is 7.81. The predicted molar refractivity (Wildman–Crippen MR) is 115 cm³/mol. The molecule has 0 N–H and O–H groups in total. The van der Waals surface area contributed by atoms with Gasteiger partial charge in [0.05, 0.1) is 4.91 Å². The van der Waals surface area contributed by atoms with Gasteiger partial charge in [-0.15, -0.1) is 0 Å². The molecule has 1 saturated heterocycles. The molecule has 0 spiro atoms. The monoisotopic (exact) mass is 421 g/mol. The van der Waals surface area contributed by atoms with E-state index in [1.807, 2.05) is 54.6 Å². The first kappa shape index (κ1) is 19.2. The first-order valence-electron chi connectivity index (χ1n) is 10.3. The first-order chi connectivity index (χ1) is 14.6. The highest BCUT2D eigenvalue weighted by Gasteiger charge is 2.34. The van der Waals surface area contributed by atoms with Crippen LogP contribution in [0, 0.1) is 0 Å². The molecule has 5 rings (SSSR count). The Balaban J connectivity index is 1.28. The smallest absolute Gasteiger partial charge is 0.239 e. The second-order valence-corrected chi connectivity index (χ2v) is 9.80. The van der Waals surface area contributed by atoms with Crippen molar-refractivity contribution in [1.29, 1.82) is 0 Å². The molecular formula is C23H23N3O3S. The normalized spacial score (nSPS) is 18.1. The molecule has 0 amide bonds. The number of aromatic nitrogens is 2. The molecule has 1 aliphatic carbocycles. The molecule has 0 atom stereocenters. The van der Waals surface area contributed by atoms with Crippen LogP contribution in [-0.4, -0.2) is 36.0 Å². The van der Waals surface area contributed by atoms with Crippen molar-refractivity contribution >= 4 is 16.1 Å². The van der Waals surface area contributed by atoms with Crippen molar-refractivity contribution in [2.24, 2.45) is 0 Å². The molecule has 1 aromatic heterocycles. The summed E-state index contributed by atoms with van der Waals surface area (Å²) in [7, 11) is -3.44. The average molecular weight is 422 g/mol. The number of rotatable bonds is 4. The number of piperidine rings is 1. The van der Waals surface area contributed by atoms with E-state index in [1.54, 1.807) is 4.31 Å². The maximum Gasteiger partial charge on any atom is 0.239 e. The number of benzene rings is 2. The highest BCUT2D eigenvalue weighted by Crippen LogP contribution is 2.33. The quantitative estimate of drug-likeness (QED) is 0.630. The van der Waals surface area contributed by atoms with Gasteiger partial charge in [0.1, 0.15) is 0 Å². The Morgan fingerprint density at radius 3 is 2.47 bits per heavy atom. The molecule has 0 saturated carbocycles. The van der Waals surface area contributed by atoms with Gasteiger partial charge in [0, 0.05) is 24.6 Å². The molecule has 30 heavy (non-hydrogen) atoms. The number of aryl methyl sites for hydroxylation is 1. The molecular weight excluding hydrogens is 398 g/mol. The van der Waals surface area contributed by atoms with E-state index in [0.717, 1.165) is 17.5 Å². The number of nitrogens with zero attached hydrogens (tertiary/aromatic N) is 3. The summed E-state index contributed by atoms with van der Waals surface area (Å²) in [5.41, 5.74) is 3.13. The number of sulfonamides is 1. The van der Waals surface area contributed by atoms with E-state index < -0.39 is 10.0 Å². The molecule has 2 aliphatic rings. The fourth-order valence-electron chi connectivity index (χ4n) is 4.22. The van der Waals surface area contributed by atoms with Gasteiger partial charge in [0.25, 0.3) is 0 Å². The van der Waals surface area contributed by atoms with Crippen molar-refractivity contribution in [3.05, 3.63) is 76.5 Å². The van der Waals surface area contributed by atoms with Crippen molar-refractivity contribution in [1.82, 2.24) is 14.4 Å². The van der Waals surface area contributed by atoms with Crippen LogP contribution in [0.15, 0.2) is 64.0 Å². The van der Waals surface area contributed by atoms with E-state index in [0.29, 0.717) is 49.0 Å². The third-order valence-electron chi connectivity index (χ3n) is 5.96. The van der Waals surface area contributed by atoms with E-state index in [2.05, 4.69) is 16.2 Å². The van der Waals surface area contributed by atoms with E-state index in [4.69, 9.17) is 4.52 Å². The molecule has 0 radical (unpaired) electrons. The van der Waals surface area contributed by atoms with Gasteiger partial charge in [-0.25, -0.2) is 8.42 Å². The minimum absolute atomic E-state index is 0.0856. The number of fused-ring (bicyclic) bond motifs is 1. The summed E-state index contributed by atoms with van der Waals surface area (Å²) in [6.07, 6.45) is 4.52. The van der Waals surface area contributed by atoms with E-state index in [-0.39, 0.29) is 5.92 Å². The van der Waals surface area contributed by atoms with Gasteiger partial charge in [-0.1, -0.05) is 59.8 Å². The van der Waals surface area contributed by atoms with Crippen LogP contribution in [0.5, 0.6) is 0 Å². The minimum Gasteiger partial charge on any atom is -0.339 e. The van der Waals surface area contributed by atoms with Gasteiger partial charge in [-0.2, -0.15) is 9.29 Å². The summed E-state index contributed by atoms with van der Waals surface area (Å²) in [6.45, 7) is 0.935. The van der Waals surface area contributed by atoms with Crippen LogP contribution >= 0.6 is 0 Å². The Labute approximate surface area is 176 Å². The zero-order chi connectivity index (χ0) is 20.6. The van der Waals surface area contributed by atoms with Crippen LogP contribution in [0.4, 0.5) is 0 Å². The summed E-state index contributed by atoms with van der Waals surface area (Å²) in [5.74, 6) is 1.26. The molecule has 6 nitrogen and oxygen atoms in total. The van der Waals surface area contributed by atoms with Crippen LogP contribution in [0.25, 0.3) is 17.5 Å². The fourth-order valence-corrected chi connectivity index (χ4v) is 5.88. The van der Waals surface area contributed by atoms with Crippen molar-refractivity contribution in [2.75, 3.05) is 13.1 Å². The van der Waals surface area contributed by atoms with Gasteiger partial charge < -0.3 is 4.52 Å². The predicted octanol–water partition coefficient (Wildman–Crippen LogP) is 4.23. The lowest BCUT2D eigenvalue weighted by Gasteiger charge is -2.31. The van der Waals surface area contributed by atoms with Gasteiger partial charge in [0.2, 0.25) is 21.7 Å². The molecule has 3 aromatic rings. The van der Waals surface area contributed by atoms with Gasteiger partial charge >= 0.3 is 0 Å². The second-order valence-electron chi connectivity index (χ2n) is 7.81. The maximum absolute atomic E-state index is 13.2. The first-order valence-corrected chi connectivity index (χ1v) is 11.7. The molecule has 0 bridgehead atoms. The van der Waals surface area contributed by atoms with Gasteiger partial charge in [-0.05, 0) is 42.9 Å². The van der Waals surface area contributed by atoms with E-state index >= 15 is 0 Å². The molecule has 7 heteroatoms. The third-order valence-corrected chi connectivity index (χ3v) is 7.99. The molecule has 2 heterocycles. The number of hydrogen-bond donors (Lipinski definition) is 0. The van der Waals surface area contributed by atoms with Crippen molar-refractivity contribution in [3.8, 4) is 11.4 Å². The highest BCUT2D eigenvalue weighted by molar-refractivity contribution is 7.93. The van der Waals surface area contributed by atoms with Crippen LogP contribution in [0.2, 0.25) is 0 Å². The summed E-state index contributed by atoms with van der Waals surface area (Å²) < 4.78 is 33.5. The maximum atomic E-state index is 13.2. The molecule has 154 valence electrons. The SMILES string of the molecule is O=S(=O)(C1=Cc2ccccc2CC1)N1CCC(c2nc(-c3ccccc3)no2)CC1. The summed E-state index contributed by atoms with van der Waals surface area (Å²) in [4.78, 5) is 5.07. The summed E-state index contributed by atoms with van der Waals surface area (Å²) >= 11 is 0. The van der Waals surface area contributed by atoms with E-state index in [9.17, 15) is 8.42 Å². The van der Waals surface area contributed by atoms with Crippen molar-refractivity contribution in [3.63, 3.8) is 0 Å². The Kier molecular flexibility index (Phi) is 5.00. The molecule has 2 aromatic carbocycles. The van der Waals surface area contributed by atoms with Crippen molar-refractivity contribution in [2.45, 2.75) is 31.6 Å². The van der Waals surface area contributed by atoms with Crippen molar-refractivity contribution < 1.29 is 12.9 Å². The molecule has 1 fully saturated rings. The fraction of sp³-hybridized carbons (Fsp3) is 0.304. The third kappa shape index (κ3) is 3.59. The zero-order valence-electron chi connectivity index (χ0n) is 16.6. The zero-order valence-corrected chi connectivity index (χ0v) is 17.4. The molecule has 0 unspecified atom stereocenters. The Hall–Kier alpha value is -2.77. The number of allylic oxidation sites excluding steroid dienone is 1. The highest BCUT2D eigenvalue weighted by atomic mass is 32.2. The standard InChI is InChI=1S/C23H23N3O3S/c27-30(28,21-11-10-17-6-4-5-9-20(17)16-21)26-14-12-19(13-15-26)23-24-22(25-29-23)18-7-2-1-3-8-18/h1-9,16,19H,10-15H2. The van der Waals surface area contributed by atoms with E-state index in [1.165, 1.54) is 5.56 Å². The Morgan fingerprint density at radius 2 is 1.67 bits per heavy atom. The lowest BCUT2D eigenvalue weighted by molar-refractivity contribution is 0.271. The Morgan fingerprint density at radius 1 is 0.933 bits per heavy atom. The summed E-state index contributed by atoms with van der Waals surface area (Å²) in [5, 5.41) is 4.10. The van der Waals surface area contributed by atoms with Crippen LogP contribution < -0.4 is 0 Å². The number of hydrogen-bond acceptors (Lipinski definition) is 5. The van der Waals surface area contributed by atoms with Crippen LogP contribution in [-0.2, 0) is 16.4 Å². The van der Waals surface area contributed by atoms with Gasteiger partial charge in [0.15, 0.2) is 0 Å². The molecule has 1 aliphatic heterocycles. The minimum atomic E-state index is -3.44. The van der Waals surface area contributed by atoms with Crippen LogP contribution in [0.1, 0.15) is 42.2 Å².